The maximum Gasteiger partial charge on any atom is 0.0662 e. The molecule has 0 saturated heterocycles. The molecule has 0 amide bonds. The molecule has 0 radical (unpaired) electrons. The molecule has 2 N–H and O–H groups in total. The fraction of sp³-hybridized carbons (Fsp3) is 1.00. The van der Waals surface area contributed by atoms with Crippen LogP contribution in [0.3, 0.4) is 0 Å². The molecule has 1 aliphatic rings. The third-order valence-corrected chi connectivity index (χ3v) is 3.38. The molecule has 1 aliphatic carbocycles. The Balaban J connectivity index is 2.54. The van der Waals surface area contributed by atoms with E-state index < -0.39 is 5.60 Å². The summed E-state index contributed by atoms with van der Waals surface area (Å²) in [7, 11) is 0. The molecule has 13 heavy (non-hydrogen) atoms. The number of rotatable bonds is 3. The van der Waals surface area contributed by atoms with Crippen molar-refractivity contribution in [3.63, 3.8) is 0 Å². The van der Waals surface area contributed by atoms with Crippen LogP contribution in [0.15, 0.2) is 0 Å². The second kappa shape index (κ2) is 4.43. The summed E-state index contributed by atoms with van der Waals surface area (Å²) in [6.07, 6.45) is 4.59. The van der Waals surface area contributed by atoms with Crippen molar-refractivity contribution in [3.8, 4) is 0 Å². The maximum absolute atomic E-state index is 10.2. The molecular weight excluding hydrogens is 162 g/mol. The summed E-state index contributed by atoms with van der Waals surface area (Å²) in [5.41, 5.74) is -0.445. The highest BCUT2D eigenvalue weighted by atomic mass is 16.3. The standard InChI is InChI=1S/C11H23NO/c1-4-12-9(2)10-7-5-6-8-11(10,3)13/h9-10,12-13H,4-8H2,1-3H3. The summed E-state index contributed by atoms with van der Waals surface area (Å²) in [4.78, 5) is 0. The van der Waals surface area contributed by atoms with E-state index in [0.717, 1.165) is 13.0 Å². The molecule has 1 fully saturated rings. The van der Waals surface area contributed by atoms with Crippen LogP contribution < -0.4 is 5.32 Å². The van der Waals surface area contributed by atoms with Crippen LogP contribution in [0.1, 0.15) is 46.5 Å². The molecule has 1 saturated carbocycles. The zero-order valence-corrected chi connectivity index (χ0v) is 9.14. The molecular formula is C11H23NO. The normalized spacial score (nSPS) is 37.4. The average molecular weight is 185 g/mol. The largest absolute Gasteiger partial charge is 0.390 e. The van der Waals surface area contributed by atoms with Crippen LogP contribution in [0, 0.1) is 5.92 Å². The molecule has 3 atom stereocenters. The van der Waals surface area contributed by atoms with E-state index in [2.05, 4.69) is 19.2 Å². The van der Waals surface area contributed by atoms with Crippen molar-refractivity contribution < 1.29 is 5.11 Å². The first-order valence-corrected chi connectivity index (χ1v) is 5.53. The Labute approximate surface area is 81.7 Å². The van der Waals surface area contributed by atoms with Crippen molar-refractivity contribution in [2.75, 3.05) is 6.54 Å². The number of hydrogen-bond acceptors (Lipinski definition) is 2. The van der Waals surface area contributed by atoms with Gasteiger partial charge in [0.05, 0.1) is 5.60 Å². The predicted octanol–water partition coefficient (Wildman–Crippen LogP) is 1.93. The van der Waals surface area contributed by atoms with Crippen molar-refractivity contribution in [2.45, 2.75) is 58.1 Å². The van der Waals surface area contributed by atoms with Gasteiger partial charge in [-0.3, -0.25) is 0 Å². The van der Waals surface area contributed by atoms with Crippen molar-refractivity contribution in [1.82, 2.24) is 5.32 Å². The van der Waals surface area contributed by atoms with Crippen LogP contribution in [-0.4, -0.2) is 23.3 Å². The van der Waals surface area contributed by atoms with E-state index in [0.29, 0.717) is 12.0 Å². The molecule has 0 aliphatic heterocycles. The summed E-state index contributed by atoms with van der Waals surface area (Å²) in [5, 5.41) is 13.6. The third kappa shape index (κ3) is 2.68. The minimum atomic E-state index is -0.445. The van der Waals surface area contributed by atoms with Crippen molar-refractivity contribution in [2.24, 2.45) is 5.92 Å². The summed E-state index contributed by atoms with van der Waals surface area (Å²) in [6, 6.07) is 0.445. The van der Waals surface area contributed by atoms with Gasteiger partial charge in [-0.2, -0.15) is 0 Å². The predicted molar refractivity (Wildman–Crippen MR) is 55.7 cm³/mol. The zero-order chi connectivity index (χ0) is 9.90. The van der Waals surface area contributed by atoms with Gasteiger partial charge in [0, 0.05) is 12.0 Å². The van der Waals surface area contributed by atoms with Crippen LogP contribution >= 0.6 is 0 Å². The van der Waals surface area contributed by atoms with Gasteiger partial charge in [-0.15, -0.1) is 0 Å². The lowest BCUT2D eigenvalue weighted by Crippen LogP contribution is -2.48. The molecule has 3 unspecified atom stereocenters. The van der Waals surface area contributed by atoms with Gasteiger partial charge in [-0.25, -0.2) is 0 Å². The summed E-state index contributed by atoms with van der Waals surface area (Å²) in [5.74, 6) is 0.432. The molecule has 1 rings (SSSR count). The Kier molecular flexibility index (Phi) is 3.74. The average Bonchev–Trinajstić information content (AvgIpc) is 2.03. The van der Waals surface area contributed by atoms with E-state index in [-0.39, 0.29) is 0 Å². The topological polar surface area (TPSA) is 32.3 Å². The molecule has 0 aromatic rings. The highest BCUT2D eigenvalue weighted by Gasteiger charge is 2.37. The van der Waals surface area contributed by atoms with Crippen LogP contribution in [0.5, 0.6) is 0 Å². The molecule has 2 nitrogen and oxygen atoms in total. The smallest absolute Gasteiger partial charge is 0.0662 e. The molecule has 0 bridgehead atoms. The lowest BCUT2D eigenvalue weighted by atomic mass is 9.73. The SMILES string of the molecule is CCNC(C)C1CCCCC1(C)O. The Hall–Kier alpha value is -0.0800. The Morgan fingerprint density at radius 3 is 2.77 bits per heavy atom. The molecule has 78 valence electrons. The van der Waals surface area contributed by atoms with Gasteiger partial charge in [0.15, 0.2) is 0 Å². The van der Waals surface area contributed by atoms with Crippen LogP contribution in [-0.2, 0) is 0 Å². The lowest BCUT2D eigenvalue weighted by Gasteiger charge is -2.40. The first-order chi connectivity index (χ1) is 6.08. The van der Waals surface area contributed by atoms with Crippen LogP contribution in [0.4, 0.5) is 0 Å². The van der Waals surface area contributed by atoms with Gasteiger partial charge in [-0.1, -0.05) is 19.8 Å². The Morgan fingerprint density at radius 2 is 2.23 bits per heavy atom. The van der Waals surface area contributed by atoms with Gasteiger partial charge in [0.25, 0.3) is 0 Å². The second-order valence-electron chi connectivity index (χ2n) is 4.56. The lowest BCUT2D eigenvalue weighted by molar-refractivity contribution is -0.0439. The monoisotopic (exact) mass is 185 g/mol. The highest BCUT2D eigenvalue weighted by Crippen LogP contribution is 2.35. The van der Waals surface area contributed by atoms with Gasteiger partial charge in [-0.05, 0) is 33.2 Å². The number of hydrogen-bond donors (Lipinski definition) is 2. The van der Waals surface area contributed by atoms with E-state index >= 15 is 0 Å². The molecule has 0 heterocycles. The molecule has 0 aromatic carbocycles. The minimum Gasteiger partial charge on any atom is -0.390 e. The summed E-state index contributed by atoms with van der Waals surface area (Å²) >= 11 is 0. The summed E-state index contributed by atoms with van der Waals surface area (Å²) < 4.78 is 0. The van der Waals surface area contributed by atoms with E-state index in [1.807, 2.05) is 6.92 Å². The first-order valence-electron chi connectivity index (χ1n) is 5.53. The Bertz CT molecular complexity index is 156. The number of nitrogens with one attached hydrogen (secondary N) is 1. The van der Waals surface area contributed by atoms with Crippen molar-refractivity contribution in [1.29, 1.82) is 0 Å². The van der Waals surface area contributed by atoms with E-state index in [1.165, 1.54) is 19.3 Å². The molecule has 0 aromatic heterocycles. The highest BCUT2D eigenvalue weighted by molar-refractivity contribution is 4.91. The number of aliphatic hydroxyl groups is 1. The van der Waals surface area contributed by atoms with Crippen molar-refractivity contribution in [3.05, 3.63) is 0 Å². The van der Waals surface area contributed by atoms with Gasteiger partial charge >= 0.3 is 0 Å². The van der Waals surface area contributed by atoms with Gasteiger partial charge < -0.3 is 10.4 Å². The first kappa shape index (κ1) is 11.0. The molecule has 2 heteroatoms. The fourth-order valence-corrected chi connectivity index (χ4v) is 2.60. The van der Waals surface area contributed by atoms with Crippen molar-refractivity contribution >= 4 is 0 Å². The van der Waals surface area contributed by atoms with Crippen LogP contribution in [0.2, 0.25) is 0 Å². The van der Waals surface area contributed by atoms with E-state index in [9.17, 15) is 5.11 Å². The quantitative estimate of drug-likeness (QED) is 0.704. The van der Waals surface area contributed by atoms with Gasteiger partial charge in [0.1, 0.15) is 0 Å². The van der Waals surface area contributed by atoms with E-state index in [1.54, 1.807) is 0 Å². The third-order valence-electron chi connectivity index (χ3n) is 3.38. The van der Waals surface area contributed by atoms with E-state index in [4.69, 9.17) is 0 Å². The minimum absolute atomic E-state index is 0.432. The fourth-order valence-electron chi connectivity index (χ4n) is 2.60. The Morgan fingerprint density at radius 1 is 1.54 bits per heavy atom. The molecule has 0 spiro atoms. The second-order valence-corrected chi connectivity index (χ2v) is 4.56. The van der Waals surface area contributed by atoms with Crippen LogP contribution in [0.25, 0.3) is 0 Å². The summed E-state index contributed by atoms with van der Waals surface area (Å²) in [6.45, 7) is 7.29. The van der Waals surface area contributed by atoms with Gasteiger partial charge in [0.2, 0.25) is 0 Å². The maximum atomic E-state index is 10.2. The zero-order valence-electron chi connectivity index (χ0n) is 9.14.